The summed E-state index contributed by atoms with van der Waals surface area (Å²) >= 11 is 0. The zero-order valence-electron chi connectivity index (χ0n) is 15.3. The molecular formula is C21H17N3O4. The third kappa shape index (κ3) is 3.35. The Morgan fingerprint density at radius 2 is 1.89 bits per heavy atom. The number of amides is 1. The maximum absolute atomic E-state index is 12.7. The Bertz CT molecular complexity index is 1220. The van der Waals surface area contributed by atoms with Crippen molar-refractivity contribution < 1.29 is 14.7 Å². The summed E-state index contributed by atoms with van der Waals surface area (Å²) in [4.78, 5) is 36.0. The molecule has 0 bridgehead atoms. The van der Waals surface area contributed by atoms with Gasteiger partial charge in [-0.2, -0.15) is 5.26 Å². The lowest BCUT2D eigenvalue weighted by molar-refractivity contribution is -0.116. The molecular weight excluding hydrogens is 358 g/mol. The number of aromatic hydroxyl groups is 1. The summed E-state index contributed by atoms with van der Waals surface area (Å²) in [6, 6.07) is 14.2. The van der Waals surface area contributed by atoms with Crippen LogP contribution in [0.15, 0.2) is 47.3 Å². The molecule has 0 aliphatic carbocycles. The van der Waals surface area contributed by atoms with E-state index in [2.05, 4.69) is 11.4 Å². The minimum atomic E-state index is -0.805. The standard InChI is InChI=1S/C21H17N3O4/c1-12(25)11-23-20(27)18-19(26)16-7-6-15(9-17(16)24(2)21(18)28)14-5-3-4-13(8-14)10-22/h3-9,26H,11H2,1-2H3,(H,23,27). The lowest BCUT2D eigenvalue weighted by atomic mass is 10.0. The zero-order valence-corrected chi connectivity index (χ0v) is 15.3. The number of ketones is 1. The highest BCUT2D eigenvalue weighted by molar-refractivity contribution is 6.03. The molecule has 0 atom stereocenters. The second-order valence-electron chi connectivity index (χ2n) is 6.40. The van der Waals surface area contributed by atoms with Gasteiger partial charge in [-0.05, 0) is 42.3 Å². The monoisotopic (exact) mass is 375 g/mol. The van der Waals surface area contributed by atoms with E-state index in [0.717, 1.165) is 11.1 Å². The first-order chi connectivity index (χ1) is 13.3. The Hall–Kier alpha value is -3.92. The summed E-state index contributed by atoms with van der Waals surface area (Å²) in [5, 5.41) is 22.3. The van der Waals surface area contributed by atoms with Crippen LogP contribution >= 0.6 is 0 Å². The number of carbonyl (C=O) groups is 2. The smallest absolute Gasteiger partial charge is 0.267 e. The minimum absolute atomic E-state index is 0.229. The van der Waals surface area contributed by atoms with Gasteiger partial charge in [0, 0.05) is 12.4 Å². The predicted molar refractivity (Wildman–Crippen MR) is 104 cm³/mol. The Morgan fingerprint density at radius 1 is 1.18 bits per heavy atom. The SMILES string of the molecule is CC(=O)CNC(=O)c1c(O)c2ccc(-c3cccc(C#N)c3)cc2n(C)c1=O. The number of pyridine rings is 1. The van der Waals surface area contributed by atoms with E-state index in [-0.39, 0.29) is 12.3 Å². The number of nitrogens with one attached hydrogen (secondary N) is 1. The number of rotatable bonds is 4. The topological polar surface area (TPSA) is 112 Å². The maximum atomic E-state index is 12.7. The molecule has 1 heterocycles. The van der Waals surface area contributed by atoms with Gasteiger partial charge < -0.3 is 15.0 Å². The van der Waals surface area contributed by atoms with Gasteiger partial charge in [-0.15, -0.1) is 0 Å². The second-order valence-corrected chi connectivity index (χ2v) is 6.40. The van der Waals surface area contributed by atoms with Gasteiger partial charge in [0.2, 0.25) is 0 Å². The fourth-order valence-corrected chi connectivity index (χ4v) is 2.97. The van der Waals surface area contributed by atoms with Crippen LogP contribution in [-0.2, 0) is 11.8 Å². The van der Waals surface area contributed by atoms with Crippen molar-refractivity contribution >= 4 is 22.6 Å². The van der Waals surface area contributed by atoms with Gasteiger partial charge in [-0.25, -0.2) is 0 Å². The van der Waals surface area contributed by atoms with Gasteiger partial charge in [-0.1, -0.05) is 18.2 Å². The maximum Gasteiger partial charge on any atom is 0.267 e. The molecule has 3 rings (SSSR count). The van der Waals surface area contributed by atoms with Crippen LogP contribution in [0, 0.1) is 11.3 Å². The van der Waals surface area contributed by atoms with Crippen LogP contribution in [0.3, 0.4) is 0 Å². The largest absolute Gasteiger partial charge is 0.506 e. The Morgan fingerprint density at radius 3 is 2.57 bits per heavy atom. The fourth-order valence-electron chi connectivity index (χ4n) is 2.97. The van der Waals surface area contributed by atoms with Crippen LogP contribution in [-0.4, -0.2) is 27.9 Å². The van der Waals surface area contributed by atoms with Crippen LogP contribution in [0.25, 0.3) is 22.0 Å². The summed E-state index contributed by atoms with van der Waals surface area (Å²) in [5.41, 5.74) is 1.41. The van der Waals surface area contributed by atoms with Crippen LogP contribution in [0.5, 0.6) is 5.75 Å². The average Bonchev–Trinajstić information content (AvgIpc) is 2.70. The van der Waals surface area contributed by atoms with Crippen LogP contribution in [0.1, 0.15) is 22.8 Å². The van der Waals surface area contributed by atoms with Crippen molar-refractivity contribution in [3.05, 3.63) is 63.9 Å². The number of carbonyl (C=O) groups excluding carboxylic acids is 2. The molecule has 0 spiro atoms. The van der Waals surface area contributed by atoms with Gasteiger partial charge in [0.05, 0.1) is 23.7 Å². The summed E-state index contributed by atoms with van der Waals surface area (Å²) in [7, 11) is 1.50. The molecule has 0 unspecified atom stereocenters. The summed E-state index contributed by atoms with van der Waals surface area (Å²) in [6.07, 6.45) is 0. The van der Waals surface area contributed by atoms with E-state index in [0.29, 0.717) is 16.5 Å². The number of benzene rings is 2. The van der Waals surface area contributed by atoms with Gasteiger partial charge in [-0.3, -0.25) is 14.4 Å². The van der Waals surface area contributed by atoms with E-state index < -0.39 is 22.8 Å². The molecule has 0 aliphatic rings. The predicted octanol–water partition coefficient (Wildman–Crippen LogP) is 2.10. The first-order valence-corrected chi connectivity index (χ1v) is 8.47. The molecule has 2 aromatic carbocycles. The highest BCUT2D eigenvalue weighted by atomic mass is 16.3. The van der Waals surface area contributed by atoms with Crippen molar-refractivity contribution in [3.63, 3.8) is 0 Å². The lowest BCUT2D eigenvalue weighted by Crippen LogP contribution is -2.34. The molecule has 2 N–H and O–H groups in total. The number of aryl methyl sites for hydroxylation is 1. The lowest BCUT2D eigenvalue weighted by Gasteiger charge is -2.13. The summed E-state index contributed by atoms with van der Waals surface area (Å²) < 4.78 is 1.27. The third-order valence-corrected chi connectivity index (χ3v) is 4.42. The average molecular weight is 375 g/mol. The van der Waals surface area contributed by atoms with Crippen molar-refractivity contribution in [1.82, 2.24) is 9.88 Å². The number of fused-ring (bicyclic) bond motifs is 1. The number of aromatic nitrogens is 1. The molecule has 7 nitrogen and oxygen atoms in total. The molecule has 0 radical (unpaired) electrons. The quantitative estimate of drug-likeness (QED) is 0.725. The first-order valence-electron chi connectivity index (χ1n) is 8.47. The highest BCUT2D eigenvalue weighted by Gasteiger charge is 2.21. The van der Waals surface area contributed by atoms with Crippen molar-refractivity contribution in [1.29, 1.82) is 5.26 Å². The van der Waals surface area contributed by atoms with E-state index in [1.54, 1.807) is 36.4 Å². The number of Topliss-reactive ketones (excluding diaryl/α,β-unsaturated/α-hetero) is 1. The van der Waals surface area contributed by atoms with Crippen LogP contribution < -0.4 is 10.9 Å². The Kier molecular flexibility index (Phi) is 4.96. The zero-order chi connectivity index (χ0) is 20.4. The molecule has 0 fully saturated rings. The number of hydrogen-bond acceptors (Lipinski definition) is 5. The van der Waals surface area contributed by atoms with E-state index in [1.165, 1.54) is 18.5 Å². The molecule has 0 aliphatic heterocycles. The highest BCUT2D eigenvalue weighted by Crippen LogP contribution is 2.30. The van der Waals surface area contributed by atoms with Gasteiger partial charge in [0.25, 0.3) is 11.5 Å². The first kappa shape index (κ1) is 18.9. The number of nitriles is 1. The molecule has 28 heavy (non-hydrogen) atoms. The third-order valence-electron chi connectivity index (χ3n) is 4.42. The molecule has 0 saturated carbocycles. The van der Waals surface area contributed by atoms with E-state index in [1.807, 2.05) is 6.07 Å². The molecule has 140 valence electrons. The Balaban J connectivity index is 2.16. The van der Waals surface area contributed by atoms with Crippen LogP contribution in [0.2, 0.25) is 0 Å². The number of nitrogens with zero attached hydrogens (tertiary/aromatic N) is 2. The normalized spacial score (nSPS) is 10.5. The minimum Gasteiger partial charge on any atom is -0.506 e. The fraction of sp³-hybridized carbons (Fsp3) is 0.143. The van der Waals surface area contributed by atoms with Crippen LogP contribution in [0.4, 0.5) is 0 Å². The van der Waals surface area contributed by atoms with Gasteiger partial charge in [0.1, 0.15) is 17.1 Å². The van der Waals surface area contributed by atoms with Crippen molar-refractivity contribution in [3.8, 4) is 22.9 Å². The van der Waals surface area contributed by atoms with Crippen molar-refractivity contribution in [2.45, 2.75) is 6.92 Å². The van der Waals surface area contributed by atoms with Gasteiger partial charge >= 0.3 is 0 Å². The molecule has 7 heteroatoms. The summed E-state index contributed by atoms with van der Waals surface area (Å²) in [5.74, 6) is -1.51. The van der Waals surface area contributed by atoms with E-state index in [4.69, 9.17) is 5.26 Å². The van der Waals surface area contributed by atoms with Crippen molar-refractivity contribution in [2.75, 3.05) is 6.54 Å². The molecule has 1 amide bonds. The second kappa shape index (κ2) is 7.37. The molecule has 0 saturated heterocycles. The van der Waals surface area contributed by atoms with E-state index >= 15 is 0 Å². The van der Waals surface area contributed by atoms with E-state index in [9.17, 15) is 19.5 Å². The molecule has 3 aromatic rings. The Labute approximate surface area is 160 Å². The van der Waals surface area contributed by atoms with Gasteiger partial charge in [0.15, 0.2) is 0 Å². The molecule has 1 aromatic heterocycles. The summed E-state index contributed by atoms with van der Waals surface area (Å²) in [6.45, 7) is 1.08. The number of hydrogen-bond donors (Lipinski definition) is 2. The van der Waals surface area contributed by atoms with Crippen molar-refractivity contribution in [2.24, 2.45) is 7.05 Å².